The Morgan fingerprint density at radius 3 is 1.38 bits per heavy atom. The maximum Gasteiger partial charge on any atom is 0.169 e. The zero-order valence-corrected chi connectivity index (χ0v) is 14.3. The van der Waals surface area contributed by atoms with Crippen LogP contribution in [0.3, 0.4) is 0 Å². The first-order chi connectivity index (χ1) is 11.6. The van der Waals surface area contributed by atoms with Crippen molar-refractivity contribution < 1.29 is 29.2 Å². The number of ether oxygens (including phenoxy) is 4. The summed E-state index contributed by atoms with van der Waals surface area (Å²) < 4.78 is 23.8. The lowest BCUT2D eigenvalue weighted by Crippen LogP contribution is -2.48. The third-order valence-electron chi connectivity index (χ3n) is 6.10. The van der Waals surface area contributed by atoms with Crippen LogP contribution in [0, 0.1) is 0 Å². The Balaban J connectivity index is 1.34. The first kappa shape index (κ1) is 17.2. The van der Waals surface area contributed by atoms with E-state index in [0.717, 1.165) is 51.4 Å². The highest BCUT2D eigenvalue weighted by molar-refractivity contribution is 4.93. The summed E-state index contributed by atoms with van der Waals surface area (Å²) >= 11 is 0. The summed E-state index contributed by atoms with van der Waals surface area (Å²) in [6.45, 7) is 0.661. The van der Waals surface area contributed by atoms with Crippen LogP contribution in [-0.2, 0) is 18.9 Å². The number of rotatable bonds is 3. The first-order valence-electron chi connectivity index (χ1n) is 9.61. The van der Waals surface area contributed by atoms with Crippen LogP contribution in [0.15, 0.2) is 0 Å². The normalized spacial score (nSPS) is 37.8. The standard InChI is InChI=1S/C18H30O6/c19-15(13-11-21-17(23-13)7-3-1-4-8-17)16(20)14-12-22-18(24-14)9-5-2-6-10-18/h13-16,19-20H,1-12H2/t13-,14-,15-,16-/m0/s1. The molecule has 0 aromatic rings. The molecule has 24 heavy (non-hydrogen) atoms. The van der Waals surface area contributed by atoms with Crippen LogP contribution in [0.1, 0.15) is 64.2 Å². The van der Waals surface area contributed by atoms with Crippen LogP contribution >= 0.6 is 0 Å². The Kier molecular flexibility index (Phi) is 4.88. The van der Waals surface area contributed by atoms with E-state index in [9.17, 15) is 10.2 Å². The monoisotopic (exact) mass is 342 g/mol. The van der Waals surface area contributed by atoms with Gasteiger partial charge in [-0.1, -0.05) is 12.8 Å². The van der Waals surface area contributed by atoms with Gasteiger partial charge in [-0.3, -0.25) is 0 Å². The van der Waals surface area contributed by atoms with E-state index in [2.05, 4.69) is 0 Å². The molecule has 4 atom stereocenters. The van der Waals surface area contributed by atoms with Crippen molar-refractivity contribution in [3.05, 3.63) is 0 Å². The molecule has 138 valence electrons. The Bertz CT molecular complexity index is 389. The second-order valence-electron chi connectivity index (χ2n) is 7.86. The zero-order chi connectivity index (χ0) is 16.6. The Labute approximate surface area is 143 Å². The van der Waals surface area contributed by atoms with Gasteiger partial charge in [-0.15, -0.1) is 0 Å². The van der Waals surface area contributed by atoms with Gasteiger partial charge in [0.25, 0.3) is 0 Å². The molecule has 2 saturated heterocycles. The van der Waals surface area contributed by atoms with Gasteiger partial charge in [0.05, 0.1) is 13.2 Å². The fourth-order valence-electron chi connectivity index (χ4n) is 4.64. The van der Waals surface area contributed by atoms with E-state index in [1.165, 1.54) is 12.8 Å². The van der Waals surface area contributed by atoms with Crippen molar-refractivity contribution in [2.75, 3.05) is 13.2 Å². The molecule has 2 heterocycles. The number of aliphatic hydroxyl groups is 2. The van der Waals surface area contributed by atoms with Gasteiger partial charge >= 0.3 is 0 Å². The van der Waals surface area contributed by atoms with E-state index in [0.29, 0.717) is 13.2 Å². The molecule has 4 aliphatic rings. The Morgan fingerprint density at radius 2 is 1.00 bits per heavy atom. The van der Waals surface area contributed by atoms with Gasteiger partial charge in [-0.2, -0.15) is 0 Å². The molecular formula is C18H30O6. The van der Waals surface area contributed by atoms with Crippen molar-refractivity contribution in [2.45, 2.75) is 100 Å². The van der Waals surface area contributed by atoms with Gasteiger partial charge in [0.2, 0.25) is 0 Å². The maximum atomic E-state index is 10.6. The van der Waals surface area contributed by atoms with Gasteiger partial charge < -0.3 is 29.2 Å². The molecule has 0 unspecified atom stereocenters. The topological polar surface area (TPSA) is 77.4 Å². The van der Waals surface area contributed by atoms with Crippen molar-refractivity contribution in [3.63, 3.8) is 0 Å². The van der Waals surface area contributed by atoms with Crippen molar-refractivity contribution in [1.29, 1.82) is 0 Å². The summed E-state index contributed by atoms with van der Waals surface area (Å²) in [7, 11) is 0. The third-order valence-corrected chi connectivity index (χ3v) is 6.10. The average Bonchev–Trinajstić information content (AvgIpc) is 3.20. The van der Waals surface area contributed by atoms with E-state index in [1.807, 2.05) is 0 Å². The summed E-state index contributed by atoms with van der Waals surface area (Å²) in [5, 5.41) is 21.2. The highest BCUT2D eigenvalue weighted by Gasteiger charge is 2.50. The molecule has 0 aromatic heterocycles. The van der Waals surface area contributed by atoms with E-state index in [4.69, 9.17) is 18.9 Å². The average molecular weight is 342 g/mol. The molecule has 0 bridgehead atoms. The quantitative estimate of drug-likeness (QED) is 0.815. The predicted molar refractivity (Wildman–Crippen MR) is 85.3 cm³/mol. The van der Waals surface area contributed by atoms with Crippen molar-refractivity contribution in [1.82, 2.24) is 0 Å². The zero-order valence-electron chi connectivity index (χ0n) is 14.3. The van der Waals surface area contributed by atoms with E-state index >= 15 is 0 Å². The number of hydrogen-bond donors (Lipinski definition) is 2. The summed E-state index contributed by atoms with van der Waals surface area (Å²) in [4.78, 5) is 0. The molecule has 2 saturated carbocycles. The molecule has 2 aliphatic carbocycles. The fourth-order valence-corrected chi connectivity index (χ4v) is 4.64. The van der Waals surface area contributed by atoms with Gasteiger partial charge in [0.1, 0.15) is 24.4 Å². The lowest BCUT2D eigenvalue weighted by Gasteiger charge is -2.34. The van der Waals surface area contributed by atoms with Crippen LogP contribution in [0.4, 0.5) is 0 Å². The summed E-state index contributed by atoms with van der Waals surface area (Å²) in [5.41, 5.74) is 0. The molecule has 2 spiro atoms. The Morgan fingerprint density at radius 1 is 0.625 bits per heavy atom. The second kappa shape index (κ2) is 6.82. The fraction of sp³-hybridized carbons (Fsp3) is 1.00. The SMILES string of the molecule is O[C@H]([C@@H](O)[C@@H]1COC2(CCCCC2)O1)[C@@H]1COC2(CCCCC2)O1. The van der Waals surface area contributed by atoms with Crippen molar-refractivity contribution in [3.8, 4) is 0 Å². The van der Waals surface area contributed by atoms with Crippen molar-refractivity contribution >= 4 is 0 Å². The lowest BCUT2D eigenvalue weighted by atomic mass is 9.94. The van der Waals surface area contributed by atoms with E-state index < -0.39 is 36.0 Å². The molecule has 0 amide bonds. The van der Waals surface area contributed by atoms with Crippen LogP contribution in [0.25, 0.3) is 0 Å². The van der Waals surface area contributed by atoms with E-state index in [-0.39, 0.29) is 0 Å². The molecule has 6 nitrogen and oxygen atoms in total. The predicted octanol–water partition coefficient (Wildman–Crippen LogP) is 1.86. The minimum atomic E-state index is -1.02. The minimum Gasteiger partial charge on any atom is -0.387 e. The maximum absolute atomic E-state index is 10.6. The first-order valence-corrected chi connectivity index (χ1v) is 9.61. The van der Waals surface area contributed by atoms with Crippen molar-refractivity contribution in [2.24, 2.45) is 0 Å². The largest absolute Gasteiger partial charge is 0.387 e. The van der Waals surface area contributed by atoms with Gasteiger partial charge in [0.15, 0.2) is 11.6 Å². The van der Waals surface area contributed by atoms with Gasteiger partial charge in [0, 0.05) is 25.7 Å². The van der Waals surface area contributed by atoms with Crippen LogP contribution < -0.4 is 0 Å². The van der Waals surface area contributed by atoms with Crippen LogP contribution in [0.2, 0.25) is 0 Å². The van der Waals surface area contributed by atoms with Gasteiger partial charge in [-0.25, -0.2) is 0 Å². The molecule has 4 fully saturated rings. The summed E-state index contributed by atoms with van der Waals surface area (Å²) in [6, 6.07) is 0. The lowest BCUT2D eigenvalue weighted by molar-refractivity contribution is -0.217. The molecular weight excluding hydrogens is 312 g/mol. The van der Waals surface area contributed by atoms with E-state index in [1.54, 1.807) is 0 Å². The minimum absolute atomic E-state index is 0.330. The second-order valence-corrected chi connectivity index (χ2v) is 7.86. The summed E-state index contributed by atoms with van der Waals surface area (Å²) in [5.74, 6) is -1.08. The molecule has 0 radical (unpaired) electrons. The van der Waals surface area contributed by atoms with Crippen LogP contribution in [0.5, 0.6) is 0 Å². The summed E-state index contributed by atoms with van der Waals surface area (Å²) in [6.07, 6.45) is 7.25. The van der Waals surface area contributed by atoms with Crippen LogP contribution in [-0.4, -0.2) is 59.4 Å². The highest BCUT2D eigenvalue weighted by atomic mass is 16.8. The number of hydrogen-bond acceptors (Lipinski definition) is 6. The third kappa shape index (κ3) is 3.24. The molecule has 4 rings (SSSR count). The molecule has 6 heteroatoms. The highest BCUT2D eigenvalue weighted by Crippen LogP contribution is 2.41. The molecule has 2 N–H and O–H groups in total. The number of aliphatic hydroxyl groups excluding tert-OH is 2. The smallest absolute Gasteiger partial charge is 0.169 e. The molecule has 0 aromatic carbocycles. The molecule has 2 aliphatic heterocycles. The van der Waals surface area contributed by atoms with Gasteiger partial charge in [-0.05, 0) is 25.7 Å². The Hall–Kier alpha value is -0.240.